The van der Waals surface area contributed by atoms with Gasteiger partial charge in [-0.3, -0.25) is 4.44 Å². The van der Waals surface area contributed by atoms with Crippen LogP contribution in [-0.4, -0.2) is 29.0 Å². The van der Waals surface area contributed by atoms with Crippen molar-refractivity contribution in [2.24, 2.45) is 0 Å². The minimum absolute atomic E-state index is 0.0108. The standard InChI is InChI=1S/C11H19NP2/c1-11(2,3)12-13(4)9-7-6-8-10(9)14(12)5/h6-9H,1-5H3. The summed E-state index contributed by atoms with van der Waals surface area (Å²) in [6.45, 7) is 11.9. The Labute approximate surface area is 89.9 Å². The van der Waals surface area contributed by atoms with Gasteiger partial charge in [-0.15, -0.1) is 0 Å². The zero-order valence-electron chi connectivity index (χ0n) is 9.65. The predicted octanol–water partition coefficient (Wildman–Crippen LogP) is 3.98. The van der Waals surface area contributed by atoms with Gasteiger partial charge in [0.05, 0.1) is 0 Å². The van der Waals surface area contributed by atoms with E-state index in [1.165, 1.54) is 0 Å². The zero-order valence-corrected chi connectivity index (χ0v) is 11.4. The lowest BCUT2D eigenvalue weighted by Crippen LogP contribution is -2.31. The van der Waals surface area contributed by atoms with E-state index in [0.29, 0.717) is 5.54 Å². The molecule has 1 aliphatic heterocycles. The van der Waals surface area contributed by atoms with E-state index in [1.54, 1.807) is 5.31 Å². The summed E-state index contributed by atoms with van der Waals surface area (Å²) in [5, 5.41) is 1.70. The molecule has 0 aromatic carbocycles. The smallest absolute Gasteiger partial charge is 0.0374 e. The number of hydrogen-bond acceptors (Lipinski definition) is 1. The Morgan fingerprint density at radius 3 is 2.43 bits per heavy atom. The highest BCUT2D eigenvalue weighted by molar-refractivity contribution is 7.77. The van der Waals surface area contributed by atoms with Crippen LogP contribution in [-0.2, 0) is 0 Å². The van der Waals surface area contributed by atoms with Crippen LogP contribution in [0.1, 0.15) is 20.8 Å². The van der Waals surface area contributed by atoms with E-state index in [2.05, 4.69) is 56.8 Å². The lowest BCUT2D eigenvalue weighted by Gasteiger charge is -2.38. The summed E-state index contributed by atoms with van der Waals surface area (Å²) in [5.41, 5.74) is 1.10. The number of rotatable bonds is 0. The topological polar surface area (TPSA) is 3.24 Å². The highest BCUT2D eigenvalue weighted by atomic mass is 31.2. The van der Waals surface area contributed by atoms with Gasteiger partial charge in [0.2, 0.25) is 0 Å². The Bertz CT molecular complexity index is 301. The minimum atomic E-state index is -0.0355. The van der Waals surface area contributed by atoms with Crippen LogP contribution in [0, 0.1) is 0 Å². The fraction of sp³-hybridized carbons (Fsp3) is 0.636. The van der Waals surface area contributed by atoms with Gasteiger partial charge in [-0.2, -0.15) is 0 Å². The number of fused-ring (bicyclic) bond motifs is 1. The van der Waals surface area contributed by atoms with Crippen LogP contribution in [0.5, 0.6) is 0 Å². The molecule has 0 spiro atoms. The molecule has 1 nitrogen and oxygen atoms in total. The van der Waals surface area contributed by atoms with Crippen molar-refractivity contribution >= 4 is 16.1 Å². The number of allylic oxidation sites excluding steroid dienone is 4. The minimum Gasteiger partial charge on any atom is -0.251 e. The van der Waals surface area contributed by atoms with Crippen molar-refractivity contribution in [3.63, 3.8) is 0 Å². The van der Waals surface area contributed by atoms with E-state index in [9.17, 15) is 0 Å². The second-order valence-electron chi connectivity index (χ2n) is 4.98. The van der Waals surface area contributed by atoms with E-state index in [1.807, 2.05) is 0 Å². The molecule has 0 bridgehead atoms. The van der Waals surface area contributed by atoms with Crippen molar-refractivity contribution in [1.29, 1.82) is 0 Å². The van der Waals surface area contributed by atoms with Crippen LogP contribution < -0.4 is 0 Å². The van der Waals surface area contributed by atoms with Gasteiger partial charge in [0.25, 0.3) is 0 Å². The first-order chi connectivity index (χ1) is 6.43. The van der Waals surface area contributed by atoms with Crippen LogP contribution in [0.15, 0.2) is 23.5 Å². The molecule has 2 aliphatic rings. The van der Waals surface area contributed by atoms with Crippen LogP contribution in [0.4, 0.5) is 0 Å². The zero-order chi connectivity index (χ0) is 10.5. The molecule has 3 atom stereocenters. The predicted molar refractivity (Wildman–Crippen MR) is 68.3 cm³/mol. The summed E-state index contributed by atoms with van der Waals surface area (Å²) >= 11 is 0. The van der Waals surface area contributed by atoms with Crippen molar-refractivity contribution in [1.82, 2.24) is 4.44 Å². The molecule has 2 rings (SSSR count). The van der Waals surface area contributed by atoms with Crippen LogP contribution >= 0.6 is 16.1 Å². The normalized spacial score (nSPS) is 37.5. The van der Waals surface area contributed by atoms with Crippen LogP contribution in [0.2, 0.25) is 0 Å². The molecule has 0 saturated carbocycles. The van der Waals surface area contributed by atoms with E-state index >= 15 is 0 Å². The van der Waals surface area contributed by atoms with Crippen molar-refractivity contribution in [2.75, 3.05) is 13.3 Å². The maximum atomic E-state index is 2.76. The molecule has 0 aromatic rings. The lowest BCUT2D eigenvalue weighted by molar-refractivity contribution is 0.398. The van der Waals surface area contributed by atoms with Gasteiger partial charge >= 0.3 is 0 Å². The average molecular weight is 227 g/mol. The third kappa shape index (κ3) is 1.51. The number of nitrogens with zero attached hydrogens (tertiary/aromatic N) is 1. The first kappa shape index (κ1) is 10.8. The number of hydrogen-bond donors (Lipinski definition) is 0. The van der Waals surface area contributed by atoms with E-state index in [4.69, 9.17) is 0 Å². The fourth-order valence-electron chi connectivity index (χ4n) is 2.43. The van der Waals surface area contributed by atoms with E-state index in [0.717, 1.165) is 5.66 Å². The molecule has 0 amide bonds. The summed E-state index contributed by atoms with van der Waals surface area (Å²) in [7, 11) is -0.0247. The first-order valence-corrected chi connectivity index (χ1v) is 8.63. The molecule has 0 N–H and O–H groups in total. The van der Waals surface area contributed by atoms with Crippen LogP contribution in [0.25, 0.3) is 0 Å². The molecule has 3 heteroatoms. The average Bonchev–Trinajstić information content (AvgIpc) is 2.54. The molecule has 0 radical (unpaired) electrons. The van der Waals surface area contributed by atoms with Gasteiger partial charge in [0.1, 0.15) is 0 Å². The molecule has 78 valence electrons. The largest absolute Gasteiger partial charge is 0.251 e. The van der Waals surface area contributed by atoms with E-state index < -0.39 is 0 Å². The first-order valence-electron chi connectivity index (χ1n) is 5.08. The quantitative estimate of drug-likeness (QED) is 0.566. The highest BCUT2D eigenvalue weighted by Gasteiger charge is 2.44. The van der Waals surface area contributed by atoms with Crippen LogP contribution in [0.3, 0.4) is 0 Å². The van der Waals surface area contributed by atoms with Crippen molar-refractivity contribution in [2.45, 2.75) is 32.0 Å². The van der Waals surface area contributed by atoms with Gasteiger partial charge in [0.15, 0.2) is 0 Å². The lowest BCUT2D eigenvalue weighted by atomic mass is 10.1. The Morgan fingerprint density at radius 2 is 1.93 bits per heavy atom. The Balaban J connectivity index is 2.32. The summed E-state index contributed by atoms with van der Waals surface area (Å²) < 4.78 is 2.76. The molecule has 1 saturated heterocycles. The monoisotopic (exact) mass is 227 g/mol. The van der Waals surface area contributed by atoms with Crippen molar-refractivity contribution in [3.05, 3.63) is 23.5 Å². The molecule has 0 aromatic heterocycles. The van der Waals surface area contributed by atoms with E-state index in [-0.39, 0.29) is 16.1 Å². The van der Waals surface area contributed by atoms with Gasteiger partial charge in [-0.25, -0.2) is 0 Å². The summed E-state index contributed by atoms with van der Waals surface area (Å²) in [6.07, 6.45) is 6.99. The third-order valence-corrected chi connectivity index (χ3v) is 9.47. The Hall–Kier alpha value is 0.300. The summed E-state index contributed by atoms with van der Waals surface area (Å²) in [6, 6.07) is 0. The molecule has 1 heterocycles. The second kappa shape index (κ2) is 3.41. The van der Waals surface area contributed by atoms with Gasteiger partial charge in [-0.05, 0) is 55.6 Å². The molecular weight excluding hydrogens is 208 g/mol. The fourth-order valence-corrected chi connectivity index (χ4v) is 9.66. The molecule has 14 heavy (non-hydrogen) atoms. The molecule has 3 unspecified atom stereocenters. The Kier molecular flexibility index (Phi) is 2.63. The Morgan fingerprint density at radius 1 is 1.29 bits per heavy atom. The SMILES string of the molecule is CP1C2=CC=CC2P(C)N1C(C)(C)C. The molecular formula is C11H19NP2. The highest BCUT2D eigenvalue weighted by Crippen LogP contribution is 2.74. The van der Waals surface area contributed by atoms with Gasteiger partial charge in [0, 0.05) is 11.2 Å². The summed E-state index contributed by atoms with van der Waals surface area (Å²) in [4.78, 5) is 0. The van der Waals surface area contributed by atoms with Crippen molar-refractivity contribution in [3.8, 4) is 0 Å². The maximum Gasteiger partial charge on any atom is 0.0374 e. The third-order valence-electron chi connectivity index (χ3n) is 2.82. The van der Waals surface area contributed by atoms with Gasteiger partial charge in [-0.1, -0.05) is 18.2 Å². The molecule has 1 fully saturated rings. The summed E-state index contributed by atoms with van der Waals surface area (Å²) in [5.74, 6) is 0. The molecule has 1 aliphatic carbocycles. The maximum absolute atomic E-state index is 2.76. The second-order valence-corrected chi connectivity index (χ2v) is 9.36. The van der Waals surface area contributed by atoms with Gasteiger partial charge < -0.3 is 0 Å². The van der Waals surface area contributed by atoms with Crippen molar-refractivity contribution < 1.29 is 0 Å².